The fraction of sp³-hybridized carbons (Fsp3) is 0.588. The average molecular weight is 422 g/mol. The maximum Gasteiger partial charge on any atom is 0.243 e. The number of nitrogens with one attached hydrogen (secondary N) is 1. The number of benzene rings is 1. The van der Waals surface area contributed by atoms with E-state index < -0.39 is 10.0 Å². The van der Waals surface area contributed by atoms with Crippen LogP contribution in [0.2, 0.25) is 0 Å². The predicted octanol–water partition coefficient (Wildman–Crippen LogP) is 0.991. The van der Waals surface area contributed by atoms with Crippen molar-refractivity contribution in [2.24, 2.45) is 11.7 Å². The third kappa shape index (κ3) is 5.71. The normalized spacial score (nSPS) is 15.7. The molecule has 1 aromatic carbocycles. The standard InChI is InChI=1S/C17H27N3O5S.ClH/c1-24-15-5-4-14(12-16(15)25-2)26(22,23)20-10-6-13(7-11-20)17(21)19-9-3-8-18;/h4-5,12-13H,3,6-11,18H2,1-2H3,(H,19,21);1H. The third-order valence-corrected chi connectivity index (χ3v) is 6.39. The van der Waals surface area contributed by atoms with Crippen molar-refractivity contribution in [2.45, 2.75) is 24.2 Å². The van der Waals surface area contributed by atoms with E-state index in [0.717, 1.165) is 6.42 Å². The lowest BCUT2D eigenvalue weighted by Crippen LogP contribution is -2.43. The van der Waals surface area contributed by atoms with Gasteiger partial charge in [0.15, 0.2) is 11.5 Å². The molecule has 0 unspecified atom stereocenters. The Bertz CT molecular complexity index is 721. The molecule has 154 valence electrons. The van der Waals surface area contributed by atoms with Gasteiger partial charge in [-0.2, -0.15) is 4.31 Å². The van der Waals surface area contributed by atoms with E-state index in [4.69, 9.17) is 15.2 Å². The van der Waals surface area contributed by atoms with E-state index in [1.54, 1.807) is 6.07 Å². The number of carbonyl (C=O) groups excluding carboxylic acids is 1. The number of carbonyl (C=O) groups is 1. The van der Waals surface area contributed by atoms with Gasteiger partial charge in [-0.15, -0.1) is 12.4 Å². The molecule has 1 saturated heterocycles. The third-order valence-electron chi connectivity index (χ3n) is 4.50. The minimum atomic E-state index is -3.64. The molecule has 1 fully saturated rings. The van der Waals surface area contributed by atoms with Gasteiger partial charge in [-0.3, -0.25) is 4.79 Å². The van der Waals surface area contributed by atoms with Crippen molar-refractivity contribution in [3.05, 3.63) is 18.2 Å². The number of piperidine rings is 1. The largest absolute Gasteiger partial charge is 0.493 e. The summed E-state index contributed by atoms with van der Waals surface area (Å²) in [7, 11) is -0.683. The number of nitrogens with zero attached hydrogens (tertiary/aromatic N) is 1. The predicted molar refractivity (Wildman–Crippen MR) is 105 cm³/mol. The molecule has 1 aliphatic heterocycles. The number of rotatable bonds is 8. The van der Waals surface area contributed by atoms with E-state index in [1.165, 1.54) is 30.7 Å². The summed E-state index contributed by atoms with van der Waals surface area (Å²) >= 11 is 0. The monoisotopic (exact) mass is 421 g/mol. The average Bonchev–Trinajstić information content (AvgIpc) is 2.67. The molecular weight excluding hydrogens is 394 g/mol. The van der Waals surface area contributed by atoms with Crippen LogP contribution in [0.1, 0.15) is 19.3 Å². The van der Waals surface area contributed by atoms with Crippen LogP contribution in [-0.2, 0) is 14.8 Å². The Morgan fingerprint density at radius 3 is 2.41 bits per heavy atom. The molecule has 0 radical (unpaired) electrons. The second-order valence-electron chi connectivity index (χ2n) is 6.13. The van der Waals surface area contributed by atoms with Gasteiger partial charge < -0.3 is 20.5 Å². The Kier molecular flexibility index (Phi) is 9.31. The topological polar surface area (TPSA) is 111 Å². The highest BCUT2D eigenvalue weighted by atomic mass is 35.5. The Balaban J connectivity index is 0.00000364. The van der Waals surface area contributed by atoms with Crippen molar-refractivity contribution < 1.29 is 22.7 Å². The van der Waals surface area contributed by atoms with Gasteiger partial charge in [0.05, 0.1) is 19.1 Å². The molecule has 27 heavy (non-hydrogen) atoms. The molecule has 1 aromatic rings. The van der Waals surface area contributed by atoms with Gasteiger partial charge in [-0.25, -0.2) is 8.42 Å². The smallest absolute Gasteiger partial charge is 0.243 e. The van der Waals surface area contributed by atoms with Gasteiger partial charge >= 0.3 is 0 Å². The molecule has 10 heteroatoms. The van der Waals surface area contributed by atoms with E-state index in [0.29, 0.717) is 50.5 Å². The number of hydrogen-bond donors (Lipinski definition) is 2. The minimum absolute atomic E-state index is 0. The molecule has 0 aliphatic carbocycles. The quantitative estimate of drug-likeness (QED) is 0.605. The van der Waals surface area contributed by atoms with Crippen molar-refractivity contribution >= 4 is 28.3 Å². The van der Waals surface area contributed by atoms with Crippen LogP contribution in [0.3, 0.4) is 0 Å². The number of amides is 1. The molecule has 0 spiro atoms. The van der Waals surface area contributed by atoms with Crippen molar-refractivity contribution in [1.82, 2.24) is 9.62 Å². The maximum absolute atomic E-state index is 12.9. The number of hydrogen-bond acceptors (Lipinski definition) is 6. The van der Waals surface area contributed by atoms with Gasteiger partial charge in [0, 0.05) is 31.6 Å². The van der Waals surface area contributed by atoms with Crippen LogP contribution in [0.15, 0.2) is 23.1 Å². The number of sulfonamides is 1. The fourth-order valence-electron chi connectivity index (χ4n) is 2.94. The van der Waals surface area contributed by atoms with Crippen molar-refractivity contribution in [3.63, 3.8) is 0 Å². The van der Waals surface area contributed by atoms with E-state index in [2.05, 4.69) is 5.32 Å². The highest BCUT2D eigenvalue weighted by molar-refractivity contribution is 7.89. The van der Waals surface area contributed by atoms with Gasteiger partial charge in [0.1, 0.15) is 0 Å². The van der Waals surface area contributed by atoms with E-state index in [9.17, 15) is 13.2 Å². The summed E-state index contributed by atoms with van der Waals surface area (Å²) in [4.78, 5) is 12.3. The van der Waals surface area contributed by atoms with Crippen LogP contribution in [-0.4, -0.2) is 59.0 Å². The summed E-state index contributed by atoms with van der Waals surface area (Å²) in [6.07, 6.45) is 1.74. The maximum atomic E-state index is 12.9. The lowest BCUT2D eigenvalue weighted by Gasteiger charge is -2.30. The molecular formula is C17H28ClN3O5S. The van der Waals surface area contributed by atoms with Crippen LogP contribution >= 0.6 is 12.4 Å². The molecule has 0 atom stereocenters. The highest BCUT2D eigenvalue weighted by Gasteiger charge is 2.32. The summed E-state index contributed by atoms with van der Waals surface area (Å²) in [5.41, 5.74) is 5.41. The first-order valence-electron chi connectivity index (χ1n) is 8.64. The Morgan fingerprint density at radius 2 is 1.85 bits per heavy atom. The number of methoxy groups -OCH3 is 2. The van der Waals surface area contributed by atoms with E-state index >= 15 is 0 Å². The SMILES string of the molecule is COc1ccc(S(=O)(=O)N2CCC(C(=O)NCCCN)CC2)cc1OC.Cl. The van der Waals surface area contributed by atoms with Crippen LogP contribution < -0.4 is 20.5 Å². The zero-order chi connectivity index (χ0) is 19.2. The van der Waals surface area contributed by atoms with Crippen LogP contribution in [0.5, 0.6) is 11.5 Å². The zero-order valence-corrected chi connectivity index (χ0v) is 17.3. The molecule has 2 rings (SSSR count). The van der Waals surface area contributed by atoms with Gasteiger partial charge in [0.25, 0.3) is 0 Å². The van der Waals surface area contributed by atoms with Gasteiger partial charge in [-0.05, 0) is 37.9 Å². The first-order valence-corrected chi connectivity index (χ1v) is 10.1. The Labute approximate surface area is 166 Å². The van der Waals surface area contributed by atoms with Crippen molar-refractivity contribution in [2.75, 3.05) is 40.4 Å². The fourth-order valence-corrected chi connectivity index (χ4v) is 4.43. The summed E-state index contributed by atoms with van der Waals surface area (Å²) in [6, 6.07) is 4.53. The molecule has 1 amide bonds. The van der Waals surface area contributed by atoms with Crippen LogP contribution in [0, 0.1) is 5.92 Å². The molecule has 1 aliphatic rings. The molecule has 8 nitrogen and oxygen atoms in total. The highest BCUT2D eigenvalue weighted by Crippen LogP contribution is 2.31. The number of halogens is 1. The molecule has 0 aromatic heterocycles. The summed E-state index contributed by atoms with van der Waals surface area (Å²) in [5.74, 6) is 0.647. The summed E-state index contributed by atoms with van der Waals surface area (Å²) < 4.78 is 37.5. The zero-order valence-electron chi connectivity index (χ0n) is 15.6. The van der Waals surface area contributed by atoms with Crippen molar-refractivity contribution in [3.8, 4) is 11.5 Å². The first-order chi connectivity index (χ1) is 12.4. The second-order valence-corrected chi connectivity index (χ2v) is 8.07. The molecule has 0 saturated carbocycles. The van der Waals surface area contributed by atoms with E-state index in [1.807, 2.05) is 0 Å². The lowest BCUT2D eigenvalue weighted by molar-refractivity contribution is -0.126. The Hall–Kier alpha value is -1.55. The molecule has 1 heterocycles. The van der Waals surface area contributed by atoms with Crippen LogP contribution in [0.25, 0.3) is 0 Å². The number of ether oxygens (including phenoxy) is 2. The summed E-state index contributed by atoms with van der Waals surface area (Å²) in [5, 5.41) is 2.85. The van der Waals surface area contributed by atoms with E-state index in [-0.39, 0.29) is 29.1 Å². The molecule has 0 bridgehead atoms. The van der Waals surface area contributed by atoms with Gasteiger partial charge in [0.2, 0.25) is 15.9 Å². The Morgan fingerprint density at radius 1 is 1.22 bits per heavy atom. The number of nitrogens with two attached hydrogens (primary N) is 1. The van der Waals surface area contributed by atoms with Crippen LogP contribution in [0.4, 0.5) is 0 Å². The summed E-state index contributed by atoms with van der Waals surface area (Å²) in [6.45, 7) is 1.71. The second kappa shape index (κ2) is 10.7. The molecule has 3 N–H and O–H groups in total. The minimum Gasteiger partial charge on any atom is -0.493 e. The lowest BCUT2D eigenvalue weighted by atomic mass is 9.97. The van der Waals surface area contributed by atoms with Crippen molar-refractivity contribution in [1.29, 1.82) is 0 Å². The first kappa shape index (κ1) is 23.5. The van der Waals surface area contributed by atoms with Gasteiger partial charge in [-0.1, -0.05) is 0 Å².